The first-order valence-electron chi connectivity index (χ1n) is 7.54. The van der Waals surface area contributed by atoms with Crippen LogP contribution >= 0.6 is 0 Å². The Morgan fingerprint density at radius 1 is 1.25 bits per heavy atom. The predicted molar refractivity (Wildman–Crippen MR) is 77.5 cm³/mol. The summed E-state index contributed by atoms with van der Waals surface area (Å²) >= 11 is 0. The van der Waals surface area contributed by atoms with Crippen LogP contribution in [0.15, 0.2) is 18.2 Å². The quantitative estimate of drug-likeness (QED) is 0.601. The Morgan fingerprint density at radius 2 is 1.90 bits per heavy atom. The molecule has 2 rings (SSSR count). The standard InChI is InChI=1S/C17H23FO2/c1-3-20-17(10-6-4-5-7-11-17)16(19)14-12-13(2)8-9-15(14)18/h8-9,12H,3-7,10-11H2,1-2H3. The van der Waals surface area contributed by atoms with Crippen molar-refractivity contribution in [1.82, 2.24) is 0 Å². The molecule has 110 valence electrons. The average molecular weight is 278 g/mol. The summed E-state index contributed by atoms with van der Waals surface area (Å²) < 4.78 is 19.9. The van der Waals surface area contributed by atoms with E-state index in [2.05, 4.69) is 0 Å². The Morgan fingerprint density at radius 3 is 2.50 bits per heavy atom. The third kappa shape index (κ3) is 3.09. The number of benzene rings is 1. The van der Waals surface area contributed by atoms with Crippen molar-refractivity contribution < 1.29 is 13.9 Å². The van der Waals surface area contributed by atoms with Gasteiger partial charge in [0.25, 0.3) is 0 Å². The van der Waals surface area contributed by atoms with Crippen molar-refractivity contribution in [2.24, 2.45) is 0 Å². The lowest BCUT2D eigenvalue weighted by Gasteiger charge is -2.31. The highest BCUT2D eigenvalue weighted by Crippen LogP contribution is 2.34. The number of Topliss-reactive ketones (excluding diaryl/α,β-unsaturated/α-hetero) is 1. The largest absolute Gasteiger partial charge is 0.367 e. The van der Waals surface area contributed by atoms with Crippen LogP contribution in [0.2, 0.25) is 0 Å². The molecule has 0 aromatic heterocycles. The smallest absolute Gasteiger partial charge is 0.197 e. The van der Waals surface area contributed by atoms with Crippen LogP contribution in [0.1, 0.15) is 61.4 Å². The molecule has 1 fully saturated rings. The van der Waals surface area contributed by atoms with E-state index in [0.717, 1.165) is 31.2 Å². The van der Waals surface area contributed by atoms with Crippen molar-refractivity contribution in [1.29, 1.82) is 0 Å². The van der Waals surface area contributed by atoms with Crippen LogP contribution in [0.3, 0.4) is 0 Å². The van der Waals surface area contributed by atoms with E-state index in [4.69, 9.17) is 4.74 Å². The van der Waals surface area contributed by atoms with E-state index < -0.39 is 11.4 Å². The molecule has 0 N–H and O–H groups in total. The molecule has 0 unspecified atom stereocenters. The zero-order valence-corrected chi connectivity index (χ0v) is 12.4. The highest BCUT2D eigenvalue weighted by molar-refractivity contribution is 6.02. The van der Waals surface area contributed by atoms with Gasteiger partial charge in [-0.2, -0.15) is 0 Å². The van der Waals surface area contributed by atoms with Gasteiger partial charge in [0.2, 0.25) is 0 Å². The highest BCUT2D eigenvalue weighted by Gasteiger charge is 2.40. The lowest BCUT2D eigenvalue weighted by atomic mass is 9.85. The molecule has 0 heterocycles. The summed E-state index contributed by atoms with van der Waals surface area (Å²) in [5, 5.41) is 0. The fourth-order valence-electron chi connectivity index (χ4n) is 3.07. The van der Waals surface area contributed by atoms with Crippen LogP contribution in [0.4, 0.5) is 4.39 Å². The normalized spacial score (nSPS) is 18.6. The van der Waals surface area contributed by atoms with E-state index in [-0.39, 0.29) is 11.3 Å². The van der Waals surface area contributed by atoms with E-state index in [0.29, 0.717) is 19.4 Å². The van der Waals surface area contributed by atoms with E-state index >= 15 is 0 Å². The topological polar surface area (TPSA) is 26.3 Å². The van der Waals surface area contributed by atoms with Gasteiger partial charge in [0.1, 0.15) is 11.4 Å². The summed E-state index contributed by atoms with van der Waals surface area (Å²) in [5.74, 6) is -0.619. The molecule has 0 atom stereocenters. The van der Waals surface area contributed by atoms with Gasteiger partial charge in [-0.05, 0) is 38.8 Å². The molecule has 1 aliphatic carbocycles. The fraction of sp³-hybridized carbons (Fsp3) is 0.588. The molecule has 0 bridgehead atoms. The van der Waals surface area contributed by atoms with Gasteiger partial charge in [-0.15, -0.1) is 0 Å². The van der Waals surface area contributed by atoms with Crippen LogP contribution in [0.5, 0.6) is 0 Å². The summed E-state index contributed by atoms with van der Waals surface area (Å²) in [5.41, 5.74) is 0.259. The zero-order chi connectivity index (χ0) is 14.6. The molecule has 1 aromatic rings. The number of hydrogen-bond donors (Lipinski definition) is 0. The summed E-state index contributed by atoms with van der Waals surface area (Å²) in [4.78, 5) is 12.9. The monoisotopic (exact) mass is 278 g/mol. The molecule has 1 aromatic carbocycles. The Balaban J connectivity index is 2.37. The molecular weight excluding hydrogens is 255 g/mol. The summed E-state index contributed by atoms with van der Waals surface area (Å²) in [6, 6.07) is 4.70. The minimum atomic E-state index is -0.820. The molecule has 1 aliphatic rings. The fourth-order valence-corrected chi connectivity index (χ4v) is 3.07. The van der Waals surface area contributed by atoms with E-state index in [1.54, 1.807) is 12.1 Å². The number of ether oxygens (including phenoxy) is 1. The molecule has 0 spiro atoms. The van der Waals surface area contributed by atoms with Gasteiger partial charge in [0.15, 0.2) is 5.78 Å². The van der Waals surface area contributed by atoms with Gasteiger partial charge in [0.05, 0.1) is 5.56 Å². The molecule has 0 aliphatic heterocycles. The van der Waals surface area contributed by atoms with Crippen LogP contribution < -0.4 is 0 Å². The first kappa shape index (κ1) is 15.2. The Kier molecular flexibility index (Phi) is 4.92. The molecular formula is C17H23FO2. The second kappa shape index (κ2) is 6.49. The number of hydrogen-bond acceptors (Lipinski definition) is 2. The Hall–Kier alpha value is -1.22. The number of carbonyl (C=O) groups is 1. The third-order valence-corrected chi connectivity index (χ3v) is 4.11. The van der Waals surface area contributed by atoms with Gasteiger partial charge < -0.3 is 4.74 Å². The van der Waals surface area contributed by atoms with Crippen molar-refractivity contribution in [2.45, 2.75) is 58.0 Å². The molecule has 0 radical (unpaired) electrons. The van der Waals surface area contributed by atoms with E-state index in [1.807, 2.05) is 13.8 Å². The minimum Gasteiger partial charge on any atom is -0.367 e. The Labute approximate surface area is 120 Å². The number of halogens is 1. The highest BCUT2D eigenvalue weighted by atomic mass is 19.1. The maximum atomic E-state index is 14.0. The summed E-state index contributed by atoms with van der Waals surface area (Å²) in [6.45, 7) is 4.25. The number of carbonyl (C=O) groups excluding carboxylic acids is 1. The van der Waals surface area contributed by atoms with Gasteiger partial charge in [-0.25, -0.2) is 4.39 Å². The molecule has 0 amide bonds. The van der Waals surface area contributed by atoms with Crippen LogP contribution in [-0.4, -0.2) is 18.0 Å². The van der Waals surface area contributed by atoms with Crippen LogP contribution in [-0.2, 0) is 4.74 Å². The van der Waals surface area contributed by atoms with Gasteiger partial charge in [0, 0.05) is 6.61 Å². The van der Waals surface area contributed by atoms with Crippen LogP contribution in [0, 0.1) is 12.7 Å². The summed E-state index contributed by atoms with van der Waals surface area (Å²) in [6.07, 6.45) is 5.59. The van der Waals surface area contributed by atoms with Gasteiger partial charge in [-0.3, -0.25) is 4.79 Å². The molecule has 2 nitrogen and oxygen atoms in total. The molecule has 3 heteroatoms. The zero-order valence-electron chi connectivity index (χ0n) is 12.4. The number of rotatable bonds is 4. The third-order valence-electron chi connectivity index (χ3n) is 4.11. The molecule has 1 saturated carbocycles. The Bertz CT molecular complexity index is 474. The van der Waals surface area contributed by atoms with Crippen LogP contribution in [0.25, 0.3) is 0 Å². The average Bonchev–Trinajstić information content (AvgIpc) is 2.68. The second-order valence-corrected chi connectivity index (χ2v) is 5.65. The van der Waals surface area contributed by atoms with Crippen molar-refractivity contribution in [3.05, 3.63) is 35.1 Å². The van der Waals surface area contributed by atoms with Gasteiger partial charge in [-0.1, -0.05) is 37.3 Å². The first-order chi connectivity index (χ1) is 9.59. The van der Waals surface area contributed by atoms with Crippen molar-refractivity contribution >= 4 is 5.78 Å². The van der Waals surface area contributed by atoms with Crippen molar-refractivity contribution in [3.63, 3.8) is 0 Å². The van der Waals surface area contributed by atoms with Crippen molar-refractivity contribution in [3.8, 4) is 0 Å². The summed E-state index contributed by atoms with van der Waals surface area (Å²) in [7, 11) is 0. The number of aryl methyl sites for hydroxylation is 1. The lowest BCUT2D eigenvalue weighted by Crippen LogP contribution is -2.41. The number of ketones is 1. The lowest BCUT2D eigenvalue weighted by molar-refractivity contribution is -0.0295. The van der Waals surface area contributed by atoms with Crippen molar-refractivity contribution in [2.75, 3.05) is 6.61 Å². The van der Waals surface area contributed by atoms with Gasteiger partial charge >= 0.3 is 0 Å². The maximum absolute atomic E-state index is 14.0. The molecule has 20 heavy (non-hydrogen) atoms. The SMILES string of the molecule is CCOC1(C(=O)c2cc(C)ccc2F)CCCCCC1. The van der Waals surface area contributed by atoms with E-state index in [1.165, 1.54) is 6.07 Å². The molecule has 0 saturated heterocycles. The first-order valence-corrected chi connectivity index (χ1v) is 7.54. The maximum Gasteiger partial charge on any atom is 0.197 e. The van der Waals surface area contributed by atoms with E-state index in [9.17, 15) is 9.18 Å². The predicted octanol–water partition coefficient (Wildman–Crippen LogP) is 4.45. The minimum absolute atomic E-state index is 0.178. The second-order valence-electron chi connectivity index (χ2n) is 5.65.